The Morgan fingerprint density at radius 3 is 2.48 bits per heavy atom. The van der Waals surface area contributed by atoms with Crippen LogP contribution in [0, 0.1) is 13.8 Å². The van der Waals surface area contributed by atoms with Crippen LogP contribution in [0.15, 0.2) is 57.9 Å². The molecular weight excluding hydrogens is 340 g/mol. The molecule has 0 aliphatic heterocycles. The SMILES string of the molecule is COc1ccc(-c2cc(C)no2)cc1S(=O)(=O)Nc1ccccc1C. The maximum absolute atomic E-state index is 12.9. The number of anilines is 1. The van der Waals surface area contributed by atoms with Crippen LogP contribution in [0.1, 0.15) is 11.3 Å². The molecule has 0 spiro atoms. The summed E-state index contributed by atoms with van der Waals surface area (Å²) in [5.74, 6) is 0.744. The van der Waals surface area contributed by atoms with Gasteiger partial charge < -0.3 is 9.26 Å². The standard InChI is InChI=1S/C18H18N2O4S/c1-12-6-4-5-7-15(12)20-25(21,22)18-11-14(8-9-16(18)23-3)17-10-13(2)19-24-17/h4-11,20H,1-3H3. The summed E-state index contributed by atoms with van der Waals surface area (Å²) in [5, 5.41) is 3.84. The highest BCUT2D eigenvalue weighted by atomic mass is 32.2. The second kappa shape index (κ2) is 6.60. The van der Waals surface area contributed by atoms with Crippen LogP contribution in [0.2, 0.25) is 0 Å². The number of aromatic nitrogens is 1. The molecule has 0 unspecified atom stereocenters. The van der Waals surface area contributed by atoms with Crippen molar-refractivity contribution in [3.8, 4) is 17.1 Å². The number of methoxy groups -OCH3 is 1. The van der Waals surface area contributed by atoms with Crippen molar-refractivity contribution in [2.75, 3.05) is 11.8 Å². The number of para-hydroxylation sites is 1. The van der Waals surface area contributed by atoms with Gasteiger partial charge in [0, 0.05) is 11.6 Å². The number of nitrogens with one attached hydrogen (secondary N) is 1. The highest BCUT2D eigenvalue weighted by molar-refractivity contribution is 7.92. The molecule has 0 aliphatic carbocycles. The zero-order valence-corrected chi connectivity index (χ0v) is 14.9. The lowest BCUT2D eigenvalue weighted by Gasteiger charge is -2.13. The fourth-order valence-corrected chi connectivity index (χ4v) is 3.75. The quantitative estimate of drug-likeness (QED) is 0.751. The van der Waals surface area contributed by atoms with E-state index in [4.69, 9.17) is 9.26 Å². The van der Waals surface area contributed by atoms with Crippen molar-refractivity contribution in [1.82, 2.24) is 5.16 Å². The normalized spacial score (nSPS) is 11.3. The Hall–Kier alpha value is -2.80. The molecule has 0 atom stereocenters. The summed E-state index contributed by atoms with van der Waals surface area (Å²) in [5.41, 5.74) is 2.66. The molecule has 2 aromatic carbocycles. The molecule has 0 aliphatic rings. The first-order valence-electron chi connectivity index (χ1n) is 7.61. The van der Waals surface area contributed by atoms with Crippen molar-refractivity contribution in [2.45, 2.75) is 18.7 Å². The molecule has 1 heterocycles. The molecule has 3 aromatic rings. The number of ether oxygens (including phenoxy) is 1. The lowest BCUT2D eigenvalue weighted by atomic mass is 10.1. The van der Waals surface area contributed by atoms with Gasteiger partial charge in [-0.05, 0) is 43.7 Å². The summed E-state index contributed by atoms with van der Waals surface area (Å²) in [6.07, 6.45) is 0. The second-order valence-electron chi connectivity index (χ2n) is 5.62. The minimum atomic E-state index is -3.84. The Labute approximate surface area is 146 Å². The molecule has 0 amide bonds. The summed E-state index contributed by atoms with van der Waals surface area (Å²) in [6.45, 7) is 3.64. The van der Waals surface area contributed by atoms with Gasteiger partial charge in [-0.25, -0.2) is 8.42 Å². The van der Waals surface area contributed by atoms with E-state index in [-0.39, 0.29) is 10.6 Å². The maximum Gasteiger partial charge on any atom is 0.265 e. The van der Waals surface area contributed by atoms with Crippen LogP contribution in [0.5, 0.6) is 5.75 Å². The third-order valence-corrected chi connectivity index (χ3v) is 5.14. The first-order valence-corrected chi connectivity index (χ1v) is 9.09. The highest BCUT2D eigenvalue weighted by Gasteiger charge is 2.22. The molecule has 1 aromatic heterocycles. The third kappa shape index (κ3) is 3.51. The lowest BCUT2D eigenvalue weighted by Crippen LogP contribution is -2.15. The summed E-state index contributed by atoms with van der Waals surface area (Å²) in [4.78, 5) is 0.0322. The molecule has 0 fully saturated rings. The molecule has 130 valence electrons. The van der Waals surface area contributed by atoms with Gasteiger partial charge >= 0.3 is 0 Å². The van der Waals surface area contributed by atoms with Crippen LogP contribution in [-0.4, -0.2) is 20.7 Å². The molecule has 0 bridgehead atoms. The maximum atomic E-state index is 12.9. The van der Waals surface area contributed by atoms with Gasteiger partial charge in [0.1, 0.15) is 10.6 Å². The number of aryl methyl sites for hydroxylation is 2. The monoisotopic (exact) mass is 358 g/mol. The van der Waals surface area contributed by atoms with Crippen LogP contribution in [-0.2, 0) is 10.0 Å². The van der Waals surface area contributed by atoms with E-state index in [2.05, 4.69) is 9.88 Å². The number of nitrogens with zero attached hydrogens (tertiary/aromatic N) is 1. The van der Waals surface area contributed by atoms with E-state index in [1.54, 1.807) is 37.3 Å². The van der Waals surface area contributed by atoms with Crippen molar-refractivity contribution in [2.24, 2.45) is 0 Å². The van der Waals surface area contributed by atoms with Crippen molar-refractivity contribution < 1.29 is 17.7 Å². The van der Waals surface area contributed by atoms with Crippen molar-refractivity contribution >= 4 is 15.7 Å². The summed E-state index contributed by atoms with van der Waals surface area (Å²) < 4.78 is 38.8. The zero-order chi connectivity index (χ0) is 18.0. The molecule has 6 nitrogen and oxygen atoms in total. The molecule has 3 rings (SSSR count). The predicted molar refractivity (Wildman–Crippen MR) is 95.2 cm³/mol. The highest BCUT2D eigenvalue weighted by Crippen LogP contribution is 2.31. The molecule has 7 heteroatoms. The van der Waals surface area contributed by atoms with E-state index >= 15 is 0 Å². The number of benzene rings is 2. The van der Waals surface area contributed by atoms with E-state index < -0.39 is 10.0 Å². The third-order valence-electron chi connectivity index (χ3n) is 3.76. The second-order valence-corrected chi connectivity index (χ2v) is 7.27. The van der Waals surface area contributed by atoms with Crippen molar-refractivity contribution in [3.05, 3.63) is 59.8 Å². The first-order chi connectivity index (χ1) is 11.9. The van der Waals surface area contributed by atoms with Gasteiger partial charge in [0.25, 0.3) is 10.0 Å². The minimum absolute atomic E-state index is 0.0322. The topological polar surface area (TPSA) is 81.4 Å². The van der Waals surface area contributed by atoms with Crippen LogP contribution in [0.25, 0.3) is 11.3 Å². The van der Waals surface area contributed by atoms with Gasteiger partial charge in [0.05, 0.1) is 18.5 Å². The Morgan fingerprint density at radius 2 is 1.84 bits per heavy atom. The minimum Gasteiger partial charge on any atom is -0.495 e. The summed E-state index contributed by atoms with van der Waals surface area (Å²) >= 11 is 0. The Morgan fingerprint density at radius 1 is 1.08 bits per heavy atom. The van der Waals surface area contributed by atoms with Crippen LogP contribution >= 0.6 is 0 Å². The van der Waals surface area contributed by atoms with E-state index in [0.29, 0.717) is 22.7 Å². The summed E-state index contributed by atoms with van der Waals surface area (Å²) in [7, 11) is -2.41. The number of rotatable bonds is 5. The molecular formula is C18H18N2O4S. The number of hydrogen-bond donors (Lipinski definition) is 1. The van der Waals surface area contributed by atoms with Gasteiger partial charge in [-0.15, -0.1) is 0 Å². The molecule has 25 heavy (non-hydrogen) atoms. The van der Waals surface area contributed by atoms with E-state index in [1.165, 1.54) is 13.2 Å². The number of hydrogen-bond acceptors (Lipinski definition) is 5. The number of sulfonamides is 1. The Bertz CT molecular complexity index is 1010. The Kier molecular flexibility index (Phi) is 4.50. The van der Waals surface area contributed by atoms with E-state index in [9.17, 15) is 8.42 Å². The molecule has 0 radical (unpaired) electrons. The first kappa shape index (κ1) is 17.0. The average molecular weight is 358 g/mol. The fraction of sp³-hybridized carbons (Fsp3) is 0.167. The lowest BCUT2D eigenvalue weighted by molar-refractivity contribution is 0.402. The zero-order valence-electron chi connectivity index (χ0n) is 14.1. The van der Waals surface area contributed by atoms with E-state index in [0.717, 1.165) is 5.56 Å². The Balaban J connectivity index is 2.06. The average Bonchev–Trinajstić information content (AvgIpc) is 3.02. The van der Waals surface area contributed by atoms with Crippen LogP contribution < -0.4 is 9.46 Å². The van der Waals surface area contributed by atoms with Crippen molar-refractivity contribution in [1.29, 1.82) is 0 Å². The van der Waals surface area contributed by atoms with Gasteiger partial charge in [0.15, 0.2) is 5.76 Å². The van der Waals surface area contributed by atoms with Gasteiger partial charge in [-0.1, -0.05) is 23.4 Å². The molecule has 0 saturated heterocycles. The predicted octanol–water partition coefficient (Wildman–Crippen LogP) is 3.77. The van der Waals surface area contributed by atoms with Gasteiger partial charge in [0.2, 0.25) is 0 Å². The largest absolute Gasteiger partial charge is 0.495 e. The fourth-order valence-electron chi connectivity index (χ4n) is 2.43. The van der Waals surface area contributed by atoms with Crippen LogP contribution in [0.3, 0.4) is 0 Å². The molecule has 0 saturated carbocycles. The smallest absolute Gasteiger partial charge is 0.265 e. The van der Waals surface area contributed by atoms with Crippen molar-refractivity contribution in [3.63, 3.8) is 0 Å². The summed E-state index contributed by atoms with van der Waals surface area (Å²) in [6, 6.07) is 13.7. The van der Waals surface area contributed by atoms with E-state index in [1.807, 2.05) is 19.1 Å². The van der Waals surface area contributed by atoms with Crippen LogP contribution in [0.4, 0.5) is 5.69 Å². The molecule has 1 N–H and O–H groups in total. The van der Waals surface area contributed by atoms with Gasteiger partial charge in [-0.3, -0.25) is 4.72 Å². The van der Waals surface area contributed by atoms with Gasteiger partial charge in [-0.2, -0.15) is 0 Å².